The molecule has 0 saturated heterocycles. The smallest absolute Gasteiger partial charge is 0.372 e. The number of aryl methyl sites for hydroxylation is 1. The van der Waals surface area contributed by atoms with E-state index >= 15 is 0 Å². The van der Waals surface area contributed by atoms with Gasteiger partial charge in [0.1, 0.15) is 12.3 Å². The van der Waals surface area contributed by atoms with Gasteiger partial charge in [0.15, 0.2) is 0 Å². The van der Waals surface area contributed by atoms with E-state index in [4.69, 9.17) is 11.6 Å². The van der Waals surface area contributed by atoms with Gasteiger partial charge in [-0.2, -0.15) is 13.2 Å². The molecule has 98 valence electrons. The molecule has 8 heteroatoms. The molecule has 0 bridgehead atoms. The first-order valence-corrected chi connectivity index (χ1v) is 5.51. The minimum Gasteiger partial charge on any atom is -0.372 e. The third-order valence-electron chi connectivity index (χ3n) is 1.91. The van der Waals surface area contributed by atoms with Crippen molar-refractivity contribution in [1.82, 2.24) is 15.0 Å². The Morgan fingerprint density at radius 2 is 2.24 bits per heavy atom. The van der Waals surface area contributed by atoms with Crippen LogP contribution in [0.2, 0.25) is 0 Å². The average Bonchev–Trinajstić information content (AvgIpc) is 2.64. The van der Waals surface area contributed by atoms with E-state index in [1.165, 1.54) is 4.68 Å². The van der Waals surface area contributed by atoms with E-state index in [0.717, 1.165) is 0 Å². The van der Waals surface area contributed by atoms with Crippen molar-refractivity contribution in [1.29, 1.82) is 0 Å². The van der Waals surface area contributed by atoms with E-state index in [-0.39, 0.29) is 12.0 Å². The van der Waals surface area contributed by atoms with Gasteiger partial charge in [-0.3, -0.25) is 4.68 Å². The predicted octanol–water partition coefficient (Wildman–Crippen LogP) is 2.55. The number of nitrogens with zero attached hydrogens (tertiary/aromatic N) is 3. The van der Waals surface area contributed by atoms with Crippen molar-refractivity contribution < 1.29 is 17.9 Å². The summed E-state index contributed by atoms with van der Waals surface area (Å²) in [6.45, 7) is 1.04. The summed E-state index contributed by atoms with van der Waals surface area (Å²) >= 11 is 5.78. The van der Waals surface area contributed by atoms with Crippen LogP contribution in [0.3, 0.4) is 0 Å². The lowest BCUT2D eigenvalue weighted by atomic mass is 10.4. The van der Waals surface area contributed by atoms with Crippen LogP contribution >= 0.6 is 11.6 Å². The monoisotopic (exact) mass is 271 g/mol. The summed E-state index contributed by atoms with van der Waals surface area (Å²) in [6.07, 6.45) is -2.16. The highest BCUT2D eigenvalue weighted by atomic mass is 35.5. The highest BCUT2D eigenvalue weighted by Crippen LogP contribution is 2.16. The molecule has 17 heavy (non-hydrogen) atoms. The van der Waals surface area contributed by atoms with Crippen LogP contribution in [0, 0.1) is 0 Å². The molecular weight excluding hydrogens is 259 g/mol. The van der Waals surface area contributed by atoms with E-state index in [2.05, 4.69) is 15.0 Å². The Balaban J connectivity index is 2.18. The second-order valence-electron chi connectivity index (χ2n) is 3.54. The van der Waals surface area contributed by atoms with Gasteiger partial charge in [0.25, 0.3) is 0 Å². The maximum atomic E-state index is 11.7. The van der Waals surface area contributed by atoms with E-state index in [1.807, 2.05) is 0 Å². The lowest BCUT2D eigenvalue weighted by Gasteiger charge is -2.07. The van der Waals surface area contributed by atoms with Crippen LogP contribution in [0.5, 0.6) is 0 Å². The summed E-state index contributed by atoms with van der Waals surface area (Å²) in [5.41, 5.74) is 0.642. The molecule has 0 aromatic carbocycles. The van der Waals surface area contributed by atoms with Crippen LogP contribution in [-0.2, 0) is 11.3 Å². The lowest BCUT2D eigenvalue weighted by Crippen LogP contribution is -2.17. The number of hydrogen-bond donors (Lipinski definition) is 0. The van der Waals surface area contributed by atoms with E-state index in [9.17, 15) is 13.2 Å². The Labute approximate surface area is 102 Å². The van der Waals surface area contributed by atoms with Gasteiger partial charge in [0, 0.05) is 19.3 Å². The van der Waals surface area contributed by atoms with Gasteiger partial charge >= 0.3 is 6.18 Å². The minimum atomic E-state index is -4.27. The first kappa shape index (κ1) is 14.2. The molecule has 0 amide bonds. The number of halogens is 4. The van der Waals surface area contributed by atoms with Crippen molar-refractivity contribution in [2.75, 3.05) is 13.2 Å². The molecule has 0 saturated carbocycles. The molecule has 1 unspecified atom stereocenters. The predicted molar refractivity (Wildman–Crippen MR) is 55.8 cm³/mol. The fraction of sp³-hybridized carbons (Fsp3) is 0.778. The number of rotatable bonds is 6. The largest absolute Gasteiger partial charge is 0.411 e. The summed E-state index contributed by atoms with van der Waals surface area (Å²) < 4.78 is 41.2. The van der Waals surface area contributed by atoms with Gasteiger partial charge in [-0.1, -0.05) is 5.21 Å². The normalized spacial score (nSPS) is 13.9. The molecule has 1 aromatic heterocycles. The van der Waals surface area contributed by atoms with Crippen LogP contribution in [0.4, 0.5) is 13.2 Å². The number of aromatic nitrogens is 3. The first-order chi connectivity index (χ1) is 7.88. The SMILES string of the molecule is CC(Cl)c1cn(CCCOCC(F)(F)F)nn1. The maximum absolute atomic E-state index is 11.7. The Hall–Kier alpha value is -0.820. The highest BCUT2D eigenvalue weighted by Gasteiger charge is 2.27. The third kappa shape index (κ3) is 5.88. The average molecular weight is 272 g/mol. The van der Waals surface area contributed by atoms with Crippen molar-refractivity contribution >= 4 is 11.6 Å². The molecule has 0 spiro atoms. The van der Waals surface area contributed by atoms with Crippen molar-refractivity contribution in [2.45, 2.75) is 31.4 Å². The first-order valence-electron chi connectivity index (χ1n) is 5.07. The Bertz CT molecular complexity index is 340. The molecule has 1 aromatic rings. The van der Waals surface area contributed by atoms with Gasteiger partial charge in [0.05, 0.1) is 5.38 Å². The van der Waals surface area contributed by atoms with Gasteiger partial charge in [-0.25, -0.2) is 0 Å². The molecule has 1 rings (SSSR count). The Morgan fingerprint density at radius 1 is 1.53 bits per heavy atom. The molecule has 0 fully saturated rings. The zero-order chi connectivity index (χ0) is 12.9. The third-order valence-corrected chi connectivity index (χ3v) is 2.13. The molecule has 0 aliphatic rings. The van der Waals surface area contributed by atoms with Gasteiger partial charge < -0.3 is 4.74 Å². The summed E-state index contributed by atoms with van der Waals surface area (Å²) in [4.78, 5) is 0. The molecule has 1 heterocycles. The summed E-state index contributed by atoms with van der Waals surface area (Å²) in [5, 5.41) is 7.37. The van der Waals surface area contributed by atoms with Crippen molar-refractivity contribution in [2.24, 2.45) is 0 Å². The zero-order valence-electron chi connectivity index (χ0n) is 9.24. The van der Waals surface area contributed by atoms with Crippen LogP contribution in [-0.4, -0.2) is 34.4 Å². The van der Waals surface area contributed by atoms with E-state index < -0.39 is 12.8 Å². The van der Waals surface area contributed by atoms with Gasteiger partial charge in [-0.05, 0) is 13.3 Å². The van der Waals surface area contributed by atoms with Crippen LogP contribution in [0.1, 0.15) is 24.4 Å². The lowest BCUT2D eigenvalue weighted by molar-refractivity contribution is -0.174. The zero-order valence-corrected chi connectivity index (χ0v) is 10.0. The number of hydrogen-bond acceptors (Lipinski definition) is 3. The standard InChI is InChI=1S/C9H13ClF3N3O/c1-7(10)8-5-16(15-14-8)3-2-4-17-6-9(11,12)13/h5,7H,2-4,6H2,1H3. The number of alkyl halides is 4. The minimum absolute atomic E-state index is 0.0329. The van der Waals surface area contributed by atoms with Crippen LogP contribution in [0.15, 0.2) is 6.20 Å². The molecule has 0 N–H and O–H groups in total. The van der Waals surface area contributed by atoms with Crippen LogP contribution in [0.25, 0.3) is 0 Å². The second-order valence-corrected chi connectivity index (χ2v) is 4.20. The van der Waals surface area contributed by atoms with Crippen molar-refractivity contribution in [3.63, 3.8) is 0 Å². The van der Waals surface area contributed by atoms with Gasteiger partial charge in [0.2, 0.25) is 0 Å². The molecule has 0 radical (unpaired) electrons. The quantitative estimate of drug-likeness (QED) is 0.590. The highest BCUT2D eigenvalue weighted by molar-refractivity contribution is 6.20. The van der Waals surface area contributed by atoms with Crippen LogP contribution < -0.4 is 0 Å². The van der Waals surface area contributed by atoms with Gasteiger partial charge in [-0.15, -0.1) is 16.7 Å². The van der Waals surface area contributed by atoms with Crippen molar-refractivity contribution in [3.05, 3.63) is 11.9 Å². The Morgan fingerprint density at radius 3 is 2.76 bits per heavy atom. The van der Waals surface area contributed by atoms with E-state index in [0.29, 0.717) is 18.7 Å². The molecule has 0 aliphatic heterocycles. The van der Waals surface area contributed by atoms with E-state index in [1.54, 1.807) is 13.1 Å². The van der Waals surface area contributed by atoms with Crippen molar-refractivity contribution in [3.8, 4) is 0 Å². The topological polar surface area (TPSA) is 39.9 Å². The molecule has 0 aliphatic carbocycles. The summed E-state index contributed by atoms with van der Waals surface area (Å²) in [6, 6.07) is 0. The second kappa shape index (κ2) is 6.20. The molecule has 1 atom stereocenters. The fourth-order valence-electron chi connectivity index (χ4n) is 1.12. The summed E-state index contributed by atoms with van der Waals surface area (Å²) in [7, 11) is 0. The summed E-state index contributed by atoms with van der Waals surface area (Å²) in [5.74, 6) is 0. The Kier molecular flexibility index (Phi) is 5.20. The number of ether oxygens (including phenoxy) is 1. The molecule has 4 nitrogen and oxygen atoms in total. The fourth-order valence-corrected chi connectivity index (χ4v) is 1.22. The molecular formula is C9H13ClF3N3O. The maximum Gasteiger partial charge on any atom is 0.411 e.